The first kappa shape index (κ1) is 17.0. The van der Waals surface area contributed by atoms with Crippen LogP contribution in [0, 0.1) is 0 Å². The van der Waals surface area contributed by atoms with Gasteiger partial charge in [0.15, 0.2) is 0 Å². The van der Waals surface area contributed by atoms with Crippen LogP contribution in [0.1, 0.15) is 11.3 Å². The highest BCUT2D eigenvalue weighted by molar-refractivity contribution is 5.46. The highest BCUT2D eigenvalue weighted by Crippen LogP contribution is 2.22. The Kier molecular flexibility index (Phi) is 5.05. The fourth-order valence-electron chi connectivity index (χ4n) is 3.17. The fraction of sp³-hybridized carbons (Fsp3) is 0.250. The zero-order chi connectivity index (χ0) is 17.8. The number of hydrogen-bond donors (Lipinski definition) is 1. The largest absolute Gasteiger partial charge is 0.494 e. The second-order valence-corrected chi connectivity index (χ2v) is 6.02. The van der Waals surface area contributed by atoms with E-state index in [4.69, 9.17) is 4.74 Å². The minimum atomic E-state index is -0.0166. The molecular weight excluding hydrogens is 314 g/mol. The van der Waals surface area contributed by atoms with Gasteiger partial charge in [0.25, 0.3) is 5.56 Å². The maximum atomic E-state index is 12.9. The Bertz CT molecular complexity index is 873. The van der Waals surface area contributed by atoms with Crippen LogP contribution in [0.15, 0.2) is 66.0 Å². The van der Waals surface area contributed by atoms with E-state index >= 15 is 0 Å². The maximum absolute atomic E-state index is 12.9. The Hall–Kier alpha value is -2.79. The van der Waals surface area contributed by atoms with Crippen LogP contribution in [-0.2, 0) is 13.0 Å². The topological polar surface area (TPSA) is 50.3 Å². The first-order chi connectivity index (χ1) is 12.2. The predicted molar refractivity (Wildman–Crippen MR) is 100 cm³/mol. The molecule has 0 aliphatic carbocycles. The van der Waals surface area contributed by atoms with Crippen molar-refractivity contribution in [2.24, 2.45) is 0 Å². The number of para-hydroxylation sites is 2. The van der Waals surface area contributed by atoms with E-state index in [9.17, 15) is 4.79 Å². The molecule has 0 amide bonds. The van der Waals surface area contributed by atoms with Crippen LogP contribution < -0.4 is 10.3 Å². The molecule has 1 aliphatic rings. The molecule has 0 saturated carbocycles. The normalized spacial score (nSPS) is 14.8. The minimum Gasteiger partial charge on any atom is -0.494 e. The lowest BCUT2D eigenvalue weighted by molar-refractivity contribution is 0.276. The van der Waals surface area contributed by atoms with Crippen LogP contribution in [0.25, 0.3) is 5.69 Å². The van der Waals surface area contributed by atoms with E-state index in [0.29, 0.717) is 12.3 Å². The maximum Gasteiger partial charge on any atom is 0.276 e. The number of nitrogens with one attached hydrogen (secondary N) is 1. The molecule has 0 fully saturated rings. The van der Waals surface area contributed by atoms with Crippen LogP contribution in [-0.4, -0.2) is 34.9 Å². The molecule has 1 aromatic heterocycles. The van der Waals surface area contributed by atoms with E-state index < -0.39 is 0 Å². The van der Waals surface area contributed by atoms with Gasteiger partial charge in [-0.15, -0.1) is 0 Å². The Labute approximate surface area is 147 Å². The first-order valence-corrected chi connectivity index (χ1v) is 8.30. The molecule has 3 rings (SSSR count). The Morgan fingerprint density at radius 3 is 2.88 bits per heavy atom. The summed E-state index contributed by atoms with van der Waals surface area (Å²) in [6.45, 7) is 9.84. The molecule has 2 aromatic rings. The molecule has 0 radical (unpaired) electrons. The van der Waals surface area contributed by atoms with Crippen molar-refractivity contribution in [1.82, 2.24) is 14.7 Å². The Balaban J connectivity index is 1.91. The molecule has 0 unspecified atom stereocenters. The van der Waals surface area contributed by atoms with Crippen LogP contribution in [0.2, 0.25) is 0 Å². The van der Waals surface area contributed by atoms with Gasteiger partial charge >= 0.3 is 0 Å². The first-order valence-electron chi connectivity index (χ1n) is 8.30. The summed E-state index contributed by atoms with van der Waals surface area (Å²) in [6, 6.07) is 7.51. The highest BCUT2D eigenvalue weighted by Gasteiger charge is 2.24. The molecule has 0 atom stereocenters. The molecular formula is C20H23N3O2. The lowest BCUT2D eigenvalue weighted by Crippen LogP contribution is -2.34. The molecule has 5 heteroatoms. The molecule has 1 aromatic carbocycles. The third kappa shape index (κ3) is 3.37. The number of methoxy groups -OCH3 is 1. The Morgan fingerprint density at radius 1 is 1.36 bits per heavy atom. The van der Waals surface area contributed by atoms with Gasteiger partial charge in [-0.2, -0.15) is 0 Å². The van der Waals surface area contributed by atoms with Crippen molar-refractivity contribution in [2.45, 2.75) is 13.0 Å². The predicted octanol–water partition coefficient (Wildman–Crippen LogP) is 2.83. The molecule has 1 aliphatic heterocycles. The van der Waals surface area contributed by atoms with Crippen LogP contribution in [0.3, 0.4) is 0 Å². The van der Waals surface area contributed by atoms with Gasteiger partial charge in [0, 0.05) is 31.7 Å². The van der Waals surface area contributed by atoms with Crippen LogP contribution >= 0.6 is 0 Å². The smallest absolute Gasteiger partial charge is 0.276 e. The third-order valence-corrected chi connectivity index (χ3v) is 4.46. The van der Waals surface area contributed by atoms with Crippen molar-refractivity contribution < 1.29 is 4.74 Å². The van der Waals surface area contributed by atoms with Gasteiger partial charge in [-0.3, -0.25) is 14.8 Å². The van der Waals surface area contributed by atoms with E-state index in [0.717, 1.165) is 42.0 Å². The number of rotatable bonds is 6. The number of benzene rings is 1. The number of fused-ring (bicyclic) bond motifs is 1. The number of hydrogen-bond acceptors (Lipinski definition) is 3. The quantitative estimate of drug-likeness (QED) is 0.825. The van der Waals surface area contributed by atoms with Crippen LogP contribution in [0.4, 0.5) is 0 Å². The SMILES string of the molecule is C=C/C=C(\C=C)CN1CCc2[nH]n(-c3ccccc3OC)c(=O)c2C1. The summed E-state index contributed by atoms with van der Waals surface area (Å²) in [5.41, 5.74) is 3.63. The summed E-state index contributed by atoms with van der Waals surface area (Å²) in [5.74, 6) is 0.669. The average Bonchev–Trinajstić information content (AvgIpc) is 2.97. The highest BCUT2D eigenvalue weighted by atomic mass is 16.5. The average molecular weight is 337 g/mol. The van der Waals surface area contributed by atoms with Gasteiger partial charge in [-0.05, 0) is 17.7 Å². The molecule has 0 saturated heterocycles. The van der Waals surface area contributed by atoms with Gasteiger partial charge in [0.05, 0.1) is 12.7 Å². The van der Waals surface area contributed by atoms with Crippen molar-refractivity contribution in [1.29, 1.82) is 0 Å². The van der Waals surface area contributed by atoms with Crippen molar-refractivity contribution >= 4 is 0 Å². The molecule has 25 heavy (non-hydrogen) atoms. The van der Waals surface area contributed by atoms with E-state index in [1.807, 2.05) is 36.4 Å². The monoisotopic (exact) mass is 337 g/mol. The molecule has 130 valence electrons. The van der Waals surface area contributed by atoms with Gasteiger partial charge in [-0.1, -0.05) is 43.5 Å². The molecule has 0 bridgehead atoms. The summed E-state index contributed by atoms with van der Waals surface area (Å²) < 4.78 is 6.97. The summed E-state index contributed by atoms with van der Waals surface area (Å²) in [7, 11) is 1.61. The number of allylic oxidation sites excluding steroid dienone is 2. The number of aromatic amines is 1. The number of nitrogens with zero attached hydrogens (tertiary/aromatic N) is 2. The standard InChI is InChI=1S/C20H23N3O2/c1-4-8-15(5-2)13-22-12-11-17-16(14-22)20(24)23(21-17)18-9-6-7-10-19(18)25-3/h4-10,21H,1-2,11-14H2,3H3/b15-8+. The van der Waals surface area contributed by atoms with Crippen LogP contribution in [0.5, 0.6) is 5.75 Å². The van der Waals surface area contributed by atoms with E-state index in [-0.39, 0.29) is 5.56 Å². The lowest BCUT2D eigenvalue weighted by atomic mass is 10.1. The van der Waals surface area contributed by atoms with Gasteiger partial charge < -0.3 is 4.74 Å². The summed E-state index contributed by atoms with van der Waals surface area (Å²) in [4.78, 5) is 15.2. The van der Waals surface area contributed by atoms with Gasteiger partial charge in [0.2, 0.25) is 0 Å². The van der Waals surface area contributed by atoms with Crippen molar-refractivity contribution in [3.05, 3.63) is 82.8 Å². The number of aromatic nitrogens is 2. The second kappa shape index (κ2) is 7.40. The van der Waals surface area contributed by atoms with Gasteiger partial charge in [-0.25, -0.2) is 4.68 Å². The van der Waals surface area contributed by atoms with E-state index in [1.165, 1.54) is 0 Å². The zero-order valence-corrected chi connectivity index (χ0v) is 14.5. The zero-order valence-electron chi connectivity index (χ0n) is 14.5. The second-order valence-electron chi connectivity index (χ2n) is 6.02. The van der Waals surface area contributed by atoms with E-state index in [2.05, 4.69) is 23.2 Å². The van der Waals surface area contributed by atoms with E-state index in [1.54, 1.807) is 17.9 Å². The molecule has 1 N–H and O–H groups in total. The third-order valence-electron chi connectivity index (χ3n) is 4.46. The summed E-state index contributed by atoms with van der Waals surface area (Å²) in [5, 5.41) is 3.25. The van der Waals surface area contributed by atoms with Crippen molar-refractivity contribution in [3.63, 3.8) is 0 Å². The number of H-pyrrole nitrogens is 1. The molecule has 2 heterocycles. The van der Waals surface area contributed by atoms with Crippen molar-refractivity contribution in [3.8, 4) is 11.4 Å². The van der Waals surface area contributed by atoms with Crippen molar-refractivity contribution in [2.75, 3.05) is 20.2 Å². The Morgan fingerprint density at radius 2 is 2.16 bits per heavy atom. The molecule has 5 nitrogen and oxygen atoms in total. The summed E-state index contributed by atoms with van der Waals surface area (Å²) >= 11 is 0. The lowest BCUT2D eigenvalue weighted by Gasteiger charge is -2.26. The van der Waals surface area contributed by atoms with Gasteiger partial charge in [0.1, 0.15) is 11.4 Å². The molecule has 0 spiro atoms. The number of ether oxygens (including phenoxy) is 1. The fourth-order valence-corrected chi connectivity index (χ4v) is 3.17. The minimum absolute atomic E-state index is 0.0166. The summed E-state index contributed by atoms with van der Waals surface area (Å²) in [6.07, 6.45) is 6.36.